The first-order valence-electron chi connectivity index (χ1n) is 11.4. The van der Waals surface area contributed by atoms with Gasteiger partial charge >= 0.3 is 0 Å². The van der Waals surface area contributed by atoms with Crippen LogP contribution >= 0.6 is 0 Å². The molecule has 2 aliphatic carbocycles. The summed E-state index contributed by atoms with van der Waals surface area (Å²) in [5, 5.41) is 3.12. The molecule has 1 aliphatic heterocycles. The topological polar surface area (TPSA) is 24.4 Å². The highest BCUT2D eigenvalue weighted by atomic mass is 14.9. The Morgan fingerprint density at radius 2 is 1.65 bits per heavy atom. The Morgan fingerprint density at radius 1 is 0.806 bits per heavy atom. The van der Waals surface area contributed by atoms with Crippen molar-refractivity contribution in [3.63, 3.8) is 0 Å². The summed E-state index contributed by atoms with van der Waals surface area (Å²) in [6, 6.07) is 21.7. The minimum absolute atomic E-state index is 0.352. The lowest BCUT2D eigenvalue weighted by Crippen LogP contribution is -2.27. The summed E-state index contributed by atoms with van der Waals surface area (Å²) in [4.78, 5) is 4.21. The number of nitrogens with zero attached hydrogens (tertiary/aromatic N) is 1. The summed E-state index contributed by atoms with van der Waals surface area (Å²) in [6.45, 7) is 4.87. The Bertz CT molecular complexity index is 1170. The second kappa shape index (κ2) is 8.19. The Labute approximate surface area is 185 Å². The lowest BCUT2D eigenvalue weighted by Gasteiger charge is -2.37. The highest BCUT2D eigenvalue weighted by Gasteiger charge is 2.32. The third-order valence-corrected chi connectivity index (χ3v) is 6.81. The summed E-state index contributed by atoms with van der Waals surface area (Å²) in [5.41, 5.74) is 11.8. The predicted octanol–water partition coefficient (Wildman–Crippen LogP) is 7.39. The van der Waals surface area contributed by atoms with Crippen LogP contribution in [0, 0.1) is 0 Å². The third kappa shape index (κ3) is 3.83. The van der Waals surface area contributed by atoms with Crippen LogP contribution in [-0.2, 0) is 24.7 Å². The third-order valence-electron chi connectivity index (χ3n) is 6.81. The van der Waals surface area contributed by atoms with E-state index >= 15 is 0 Å². The van der Waals surface area contributed by atoms with E-state index in [2.05, 4.69) is 60.6 Å². The lowest BCUT2D eigenvalue weighted by atomic mass is 9.67. The van der Waals surface area contributed by atoms with E-state index in [0.717, 1.165) is 11.4 Å². The van der Waals surface area contributed by atoms with Gasteiger partial charge in [-0.05, 0) is 89.1 Å². The summed E-state index contributed by atoms with van der Waals surface area (Å²) >= 11 is 0. The maximum atomic E-state index is 4.21. The molecule has 2 nitrogen and oxygen atoms in total. The lowest BCUT2D eigenvalue weighted by molar-refractivity contribution is 0.427. The fourth-order valence-electron chi connectivity index (χ4n) is 5.38. The fourth-order valence-corrected chi connectivity index (χ4v) is 5.38. The molecule has 1 N–H and O–H groups in total. The SMILES string of the molecule is C1=CNc2ccccc2N=C1.CC1(C)CCCc2ccc3c(c21)CCc1ccccc1-3. The normalized spacial score (nSPS) is 17.0. The first kappa shape index (κ1) is 19.8. The molecule has 6 rings (SSSR count). The van der Waals surface area contributed by atoms with Crippen LogP contribution in [0.3, 0.4) is 0 Å². The van der Waals surface area contributed by atoms with Gasteiger partial charge in [0.05, 0.1) is 11.4 Å². The Hall–Kier alpha value is -3.13. The van der Waals surface area contributed by atoms with Gasteiger partial charge in [0.2, 0.25) is 0 Å². The van der Waals surface area contributed by atoms with Gasteiger partial charge in [0.25, 0.3) is 0 Å². The molecule has 0 radical (unpaired) electrons. The van der Waals surface area contributed by atoms with Gasteiger partial charge in [-0.25, -0.2) is 0 Å². The van der Waals surface area contributed by atoms with Crippen molar-refractivity contribution in [1.29, 1.82) is 0 Å². The van der Waals surface area contributed by atoms with Gasteiger partial charge in [-0.1, -0.05) is 62.4 Å². The van der Waals surface area contributed by atoms with Crippen molar-refractivity contribution in [3.05, 3.63) is 95.2 Å². The summed E-state index contributed by atoms with van der Waals surface area (Å²) < 4.78 is 0. The number of para-hydroxylation sites is 2. The van der Waals surface area contributed by atoms with Crippen molar-refractivity contribution in [2.75, 3.05) is 5.32 Å². The molecule has 0 unspecified atom stereocenters. The molecule has 0 saturated heterocycles. The van der Waals surface area contributed by atoms with Gasteiger partial charge < -0.3 is 5.32 Å². The van der Waals surface area contributed by atoms with Gasteiger partial charge in [-0.15, -0.1) is 0 Å². The number of benzene rings is 3. The zero-order valence-corrected chi connectivity index (χ0v) is 18.5. The minimum Gasteiger partial charge on any atom is -0.360 e. The Morgan fingerprint density at radius 3 is 2.58 bits per heavy atom. The average Bonchev–Trinajstić information content (AvgIpc) is 3.04. The highest BCUT2D eigenvalue weighted by molar-refractivity contribution is 5.81. The molecule has 0 bridgehead atoms. The first-order chi connectivity index (χ1) is 15.1. The van der Waals surface area contributed by atoms with E-state index in [-0.39, 0.29) is 0 Å². The number of fused-ring (bicyclic) bond motifs is 6. The van der Waals surface area contributed by atoms with Crippen molar-refractivity contribution >= 4 is 17.6 Å². The number of allylic oxidation sites excluding steroid dienone is 1. The Kier molecular flexibility index (Phi) is 5.23. The zero-order valence-electron chi connectivity index (χ0n) is 18.5. The van der Waals surface area contributed by atoms with Crippen LogP contribution in [0.4, 0.5) is 11.4 Å². The highest BCUT2D eigenvalue weighted by Crippen LogP contribution is 2.45. The number of nitrogens with one attached hydrogen (secondary N) is 1. The molecular weight excluding hydrogens is 376 g/mol. The van der Waals surface area contributed by atoms with Crippen molar-refractivity contribution in [2.45, 2.75) is 51.4 Å². The molecule has 3 aromatic carbocycles. The van der Waals surface area contributed by atoms with Gasteiger partial charge in [-0.3, -0.25) is 4.99 Å². The van der Waals surface area contributed by atoms with Gasteiger partial charge in [0.15, 0.2) is 0 Å². The standard InChI is InChI=1S/C20H22.C9H8N2/c1-20(2)13-5-7-15-10-11-17-16-8-4-3-6-14(16)9-12-18(17)19(15)20;1-2-5-9-8(4-1)10-6-3-7-11-9/h3-4,6,8,10-11H,5,7,9,12-13H2,1-2H3;1-7,10H. The van der Waals surface area contributed by atoms with E-state index in [4.69, 9.17) is 0 Å². The van der Waals surface area contributed by atoms with E-state index in [0.29, 0.717) is 5.41 Å². The number of hydrogen-bond acceptors (Lipinski definition) is 2. The van der Waals surface area contributed by atoms with Gasteiger partial charge in [0, 0.05) is 12.4 Å². The van der Waals surface area contributed by atoms with Crippen LogP contribution in [0.1, 0.15) is 48.9 Å². The zero-order chi connectivity index (χ0) is 21.3. The summed E-state index contributed by atoms with van der Waals surface area (Å²) in [5.74, 6) is 0. The second-order valence-corrected chi connectivity index (χ2v) is 9.32. The van der Waals surface area contributed by atoms with E-state index in [1.165, 1.54) is 48.8 Å². The maximum Gasteiger partial charge on any atom is 0.0864 e. The molecule has 1 heterocycles. The van der Waals surface area contributed by atoms with Crippen molar-refractivity contribution in [3.8, 4) is 11.1 Å². The van der Waals surface area contributed by atoms with E-state index in [9.17, 15) is 0 Å². The van der Waals surface area contributed by atoms with Crippen molar-refractivity contribution in [2.24, 2.45) is 4.99 Å². The van der Waals surface area contributed by atoms with E-state index in [1.807, 2.05) is 36.5 Å². The molecule has 0 saturated carbocycles. The molecule has 0 spiro atoms. The van der Waals surface area contributed by atoms with Crippen LogP contribution < -0.4 is 5.32 Å². The second-order valence-electron chi connectivity index (χ2n) is 9.32. The molecule has 3 aliphatic rings. The number of aryl methyl sites for hydroxylation is 2. The molecule has 156 valence electrons. The van der Waals surface area contributed by atoms with E-state index < -0.39 is 0 Å². The van der Waals surface area contributed by atoms with Crippen LogP contribution in [0.5, 0.6) is 0 Å². The molecule has 0 atom stereocenters. The molecular formula is C29H30N2. The number of hydrogen-bond donors (Lipinski definition) is 1. The van der Waals surface area contributed by atoms with Crippen molar-refractivity contribution < 1.29 is 0 Å². The van der Waals surface area contributed by atoms with Crippen LogP contribution in [0.25, 0.3) is 11.1 Å². The molecule has 0 amide bonds. The minimum atomic E-state index is 0.352. The first-order valence-corrected chi connectivity index (χ1v) is 11.4. The van der Waals surface area contributed by atoms with Crippen LogP contribution in [-0.4, -0.2) is 6.21 Å². The van der Waals surface area contributed by atoms with Crippen LogP contribution in [0.2, 0.25) is 0 Å². The number of rotatable bonds is 0. The van der Waals surface area contributed by atoms with Gasteiger partial charge in [-0.2, -0.15) is 0 Å². The monoisotopic (exact) mass is 406 g/mol. The number of aliphatic imine (C=N–C) groups is 1. The summed E-state index contributed by atoms with van der Waals surface area (Å²) in [6.07, 6.45) is 11.9. The molecule has 31 heavy (non-hydrogen) atoms. The summed E-state index contributed by atoms with van der Waals surface area (Å²) in [7, 11) is 0. The van der Waals surface area contributed by atoms with Gasteiger partial charge in [0.1, 0.15) is 0 Å². The van der Waals surface area contributed by atoms with Crippen molar-refractivity contribution in [1.82, 2.24) is 0 Å². The smallest absolute Gasteiger partial charge is 0.0864 e. The Balaban J connectivity index is 0.000000157. The molecule has 0 fully saturated rings. The quantitative estimate of drug-likeness (QED) is 0.413. The molecule has 2 heteroatoms. The molecule has 3 aromatic rings. The largest absolute Gasteiger partial charge is 0.360 e. The maximum absolute atomic E-state index is 4.21. The van der Waals surface area contributed by atoms with Crippen LogP contribution in [0.15, 0.2) is 77.9 Å². The predicted molar refractivity (Wildman–Crippen MR) is 133 cm³/mol. The van der Waals surface area contributed by atoms with E-state index in [1.54, 1.807) is 22.9 Å². The average molecular weight is 407 g/mol. The molecule has 0 aromatic heterocycles. The fraction of sp³-hybridized carbons (Fsp3) is 0.276. The number of anilines is 1.